The molecule has 0 bridgehead atoms. The summed E-state index contributed by atoms with van der Waals surface area (Å²) in [6, 6.07) is 3.56. The standard InChI is InChI=1S/C14H22N2O3/c1-5-6-16-11(9-15)14-12(18-3)7-10(17-2)8-13(14)19-4/h5,7-8,11,16H,1,6,9,15H2,2-4H3. The van der Waals surface area contributed by atoms with Crippen LogP contribution in [-0.4, -0.2) is 34.4 Å². The molecule has 0 fully saturated rings. The Kier molecular flexibility index (Phi) is 6.18. The van der Waals surface area contributed by atoms with Crippen molar-refractivity contribution in [1.82, 2.24) is 5.32 Å². The van der Waals surface area contributed by atoms with Crippen molar-refractivity contribution in [3.8, 4) is 17.2 Å². The van der Waals surface area contributed by atoms with Gasteiger partial charge in [0.05, 0.1) is 32.9 Å². The number of methoxy groups -OCH3 is 3. The van der Waals surface area contributed by atoms with E-state index in [9.17, 15) is 0 Å². The first kappa shape index (κ1) is 15.3. The molecule has 0 saturated heterocycles. The van der Waals surface area contributed by atoms with Gasteiger partial charge in [0.25, 0.3) is 0 Å². The number of hydrogen-bond donors (Lipinski definition) is 2. The summed E-state index contributed by atoms with van der Waals surface area (Å²) < 4.78 is 16.0. The fraction of sp³-hybridized carbons (Fsp3) is 0.429. The van der Waals surface area contributed by atoms with Gasteiger partial charge in [-0.3, -0.25) is 0 Å². The van der Waals surface area contributed by atoms with Crippen LogP contribution in [0.2, 0.25) is 0 Å². The number of hydrogen-bond acceptors (Lipinski definition) is 5. The normalized spacial score (nSPS) is 11.8. The first-order chi connectivity index (χ1) is 9.21. The molecule has 1 unspecified atom stereocenters. The monoisotopic (exact) mass is 266 g/mol. The van der Waals surface area contributed by atoms with Crippen molar-refractivity contribution in [3.05, 3.63) is 30.4 Å². The van der Waals surface area contributed by atoms with Gasteiger partial charge in [0.2, 0.25) is 0 Å². The summed E-state index contributed by atoms with van der Waals surface area (Å²) in [6.45, 7) is 4.76. The molecule has 0 radical (unpaired) electrons. The van der Waals surface area contributed by atoms with E-state index in [-0.39, 0.29) is 6.04 Å². The molecule has 3 N–H and O–H groups in total. The molecule has 1 aromatic carbocycles. The minimum absolute atomic E-state index is 0.0752. The van der Waals surface area contributed by atoms with Crippen molar-refractivity contribution in [2.75, 3.05) is 34.4 Å². The van der Waals surface area contributed by atoms with Gasteiger partial charge in [-0.1, -0.05) is 6.08 Å². The van der Waals surface area contributed by atoms with Crippen LogP contribution in [0.1, 0.15) is 11.6 Å². The molecule has 0 aromatic heterocycles. The van der Waals surface area contributed by atoms with Crippen LogP contribution in [0.5, 0.6) is 17.2 Å². The molecule has 106 valence electrons. The highest BCUT2D eigenvalue weighted by Crippen LogP contribution is 2.37. The third kappa shape index (κ3) is 3.62. The van der Waals surface area contributed by atoms with Crippen LogP contribution >= 0.6 is 0 Å². The lowest BCUT2D eigenvalue weighted by atomic mass is 10.0. The summed E-state index contributed by atoms with van der Waals surface area (Å²) in [5.74, 6) is 2.04. The molecule has 0 aliphatic carbocycles. The van der Waals surface area contributed by atoms with Gasteiger partial charge in [-0.25, -0.2) is 0 Å². The minimum atomic E-state index is -0.0752. The van der Waals surface area contributed by atoms with E-state index in [1.54, 1.807) is 27.4 Å². The quantitative estimate of drug-likeness (QED) is 0.698. The van der Waals surface area contributed by atoms with Gasteiger partial charge in [0.15, 0.2) is 0 Å². The Morgan fingerprint density at radius 2 is 1.79 bits per heavy atom. The maximum absolute atomic E-state index is 5.82. The number of rotatable bonds is 8. The molecule has 5 nitrogen and oxygen atoms in total. The average Bonchev–Trinajstić information content (AvgIpc) is 2.47. The van der Waals surface area contributed by atoms with E-state index in [1.165, 1.54) is 0 Å². The van der Waals surface area contributed by atoms with Gasteiger partial charge in [0.1, 0.15) is 17.2 Å². The minimum Gasteiger partial charge on any atom is -0.496 e. The number of benzene rings is 1. The Hall–Kier alpha value is -1.72. The molecule has 0 aliphatic rings. The summed E-state index contributed by atoms with van der Waals surface area (Å²) in [5, 5.41) is 3.28. The molecule has 0 spiro atoms. The van der Waals surface area contributed by atoms with Crippen LogP contribution in [0.15, 0.2) is 24.8 Å². The van der Waals surface area contributed by atoms with E-state index in [2.05, 4.69) is 11.9 Å². The van der Waals surface area contributed by atoms with Gasteiger partial charge in [-0.05, 0) is 0 Å². The average molecular weight is 266 g/mol. The second kappa shape index (κ2) is 7.66. The summed E-state index contributed by atoms with van der Waals surface area (Å²) in [7, 11) is 4.82. The molecule has 0 heterocycles. The number of nitrogens with one attached hydrogen (secondary N) is 1. The van der Waals surface area contributed by atoms with Crippen LogP contribution in [-0.2, 0) is 0 Å². The van der Waals surface area contributed by atoms with Crippen molar-refractivity contribution in [2.45, 2.75) is 6.04 Å². The van der Waals surface area contributed by atoms with Crippen molar-refractivity contribution < 1.29 is 14.2 Å². The summed E-state index contributed by atoms with van der Waals surface area (Å²) in [5.41, 5.74) is 6.71. The molecule has 19 heavy (non-hydrogen) atoms. The third-order valence-corrected chi connectivity index (χ3v) is 2.85. The molecule has 1 rings (SSSR count). The van der Waals surface area contributed by atoms with Crippen LogP contribution in [0.4, 0.5) is 0 Å². The first-order valence-electron chi connectivity index (χ1n) is 6.06. The van der Waals surface area contributed by atoms with Gasteiger partial charge < -0.3 is 25.3 Å². The Labute approximate surface area is 114 Å². The maximum atomic E-state index is 5.82. The predicted molar refractivity (Wildman–Crippen MR) is 76.1 cm³/mol. The molecule has 1 atom stereocenters. The first-order valence-corrected chi connectivity index (χ1v) is 6.06. The molecular weight excluding hydrogens is 244 g/mol. The highest BCUT2D eigenvalue weighted by Gasteiger charge is 2.20. The Morgan fingerprint density at radius 1 is 1.21 bits per heavy atom. The summed E-state index contributed by atoms with van der Waals surface area (Å²) in [6.07, 6.45) is 1.78. The van der Waals surface area contributed by atoms with E-state index >= 15 is 0 Å². The van der Waals surface area contributed by atoms with Crippen LogP contribution in [0, 0.1) is 0 Å². The van der Waals surface area contributed by atoms with E-state index < -0.39 is 0 Å². The predicted octanol–water partition coefficient (Wildman–Crippen LogP) is 1.49. The van der Waals surface area contributed by atoms with Crippen LogP contribution in [0.3, 0.4) is 0 Å². The van der Waals surface area contributed by atoms with E-state index in [4.69, 9.17) is 19.9 Å². The van der Waals surface area contributed by atoms with Crippen molar-refractivity contribution in [2.24, 2.45) is 5.73 Å². The van der Waals surface area contributed by atoms with Crippen LogP contribution in [0.25, 0.3) is 0 Å². The van der Waals surface area contributed by atoms with Gasteiger partial charge in [0, 0.05) is 25.2 Å². The Bertz CT molecular complexity index is 396. The highest BCUT2D eigenvalue weighted by molar-refractivity contribution is 5.52. The van der Waals surface area contributed by atoms with Gasteiger partial charge in [-0.15, -0.1) is 6.58 Å². The van der Waals surface area contributed by atoms with Gasteiger partial charge >= 0.3 is 0 Å². The second-order valence-corrected chi connectivity index (χ2v) is 3.93. The third-order valence-electron chi connectivity index (χ3n) is 2.85. The second-order valence-electron chi connectivity index (χ2n) is 3.93. The smallest absolute Gasteiger partial charge is 0.131 e. The lowest BCUT2D eigenvalue weighted by Crippen LogP contribution is -2.29. The van der Waals surface area contributed by atoms with Crippen molar-refractivity contribution >= 4 is 0 Å². The molecule has 0 aliphatic heterocycles. The van der Waals surface area contributed by atoms with Crippen molar-refractivity contribution in [3.63, 3.8) is 0 Å². The lowest BCUT2D eigenvalue weighted by Gasteiger charge is -2.22. The molecule has 0 saturated carbocycles. The molecule has 0 amide bonds. The Balaban J connectivity index is 3.24. The molecule has 5 heteroatoms. The number of ether oxygens (including phenoxy) is 3. The largest absolute Gasteiger partial charge is 0.496 e. The topological polar surface area (TPSA) is 65.7 Å². The fourth-order valence-corrected chi connectivity index (χ4v) is 1.90. The van der Waals surface area contributed by atoms with Gasteiger partial charge in [-0.2, -0.15) is 0 Å². The SMILES string of the molecule is C=CCNC(CN)c1c(OC)cc(OC)cc1OC. The summed E-state index contributed by atoms with van der Waals surface area (Å²) >= 11 is 0. The van der Waals surface area contributed by atoms with E-state index in [1.807, 2.05) is 12.1 Å². The summed E-state index contributed by atoms with van der Waals surface area (Å²) in [4.78, 5) is 0. The fourth-order valence-electron chi connectivity index (χ4n) is 1.90. The zero-order chi connectivity index (χ0) is 14.3. The lowest BCUT2D eigenvalue weighted by molar-refractivity contribution is 0.359. The van der Waals surface area contributed by atoms with Crippen LogP contribution < -0.4 is 25.3 Å². The molecule has 1 aromatic rings. The maximum Gasteiger partial charge on any atom is 0.131 e. The van der Waals surface area contributed by atoms with E-state index in [0.29, 0.717) is 30.3 Å². The Morgan fingerprint density at radius 3 is 2.16 bits per heavy atom. The molecular formula is C14H22N2O3. The number of nitrogens with two attached hydrogens (primary N) is 1. The zero-order valence-electron chi connectivity index (χ0n) is 11.7. The zero-order valence-corrected chi connectivity index (χ0v) is 11.7. The van der Waals surface area contributed by atoms with E-state index in [0.717, 1.165) is 5.56 Å². The van der Waals surface area contributed by atoms with Crippen molar-refractivity contribution in [1.29, 1.82) is 0 Å². The highest BCUT2D eigenvalue weighted by atomic mass is 16.5.